The molecule has 0 atom stereocenters. The smallest absolute Gasteiger partial charge is 0.320 e. The highest BCUT2D eigenvalue weighted by atomic mass is 16.3. The number of amides is 2. The number of nitrogens with two attached hydrogens (primary N) is 1. The minimum Gasteiger partial charge on any atom is -0.396 e. The zero-order valence-corrected chi connectivity index (χ0v) is 12.5. The Morgan fingerprint density at radius 3 is 2.68 bits per heavy atom. The van der Waals surface area contributed by atoms with Crippen molar-refractivity contribution in [1.29, 1.82) is 0 Å². The quantitative estimate of drug-likeness (QED) is 0.649. The molecule has 118 valence electrons. The molecule has 22 heavy (non-hydrogen) atoms. The van der Waals surface area contributed by atoms with Gasteiger partial charge >= 0.3 is 6.03 Å². The minimum atomic E-state index is -0.517. The summed E-state index contributed by atoms with van der Waals surface area (Å²) in [4.78, 5) is 13.0. The van der Waals surface area contributed by atoms with Gasteiger partial charge in [0, 0.05) is 19.2 Å². The maximum atomic E-state index is 11.5. The largest absolute Gasteiger partial charge is 0.396 e. The molecule has 1 aromatic heterocycles. The second-order valence-corrected chi connectivity index (χ2v) is 5.15. The molecule has 1 aromatic carbocycles. The molecule has 6 nitrogen and oxygen atoms in total. The average Bonchev–Trinajstić information content (AvgIpc) is 2.99. The summed E-state index contributed by atoms with van der Waals surface area (Å²) in [6.45, 7) is 0.577. The van der Waals surface area contributed by atoms with E-state index in [1.807, 2.05) is 24.3 Å². The first-order valence-corrected chi connectivity index (χ1v) is 7.46. The van der Waals surface area contributed by atoms with Crippen molar-refractivity contribution in [2.24, 2.45) is 5.73 Å². The van der Waals surface area contributed by atoms with Crippen molar-refractivity contribution in [2.45, 2.75) is 25.7 Å². The molecule has 1 heterocycles. The van der Waals surface area contributed by atoms with E-state index >= 15 is 0 Å². The molecular weight excluding hydrogens is 280 g/mol. The van der Waals surface area contributed by atoms with E-state index < -0.39 is 6.03 Å². The number of nitrogens with one attached hydrogen (secondary N) is 1. The summed E-state index contributed by atoms with van der Waals surface area (Å²) in [5.41, 5.74) is 7.55. The third-order valence-corrected chi connectivity index (χ3v) is 3.48. The van der Waals surface area contributed by atoms with Crippen LogP contribution in [-0.2, 0) is 12.8 Å². The number of hydrogen-bond donors (Lipinski definition) is 3. The molecule has 0 saturated carbocycles. The Bertz CT molecular complexity index is 583. The van der Waals surface area contributed by atoms with Gasteiger partial charge in [0.15, 0.2) is 0 Å². The summed E-state index contributed by atoms with van der Waals surface area (Å²) < 4.78 is 0. The topological polar surface area (TPSA) is 95.2 Å². The number of carbonyl (C=O) groups excluding carboxylic acids is 1. The fourth-order valence-electron chi connectivity index (χ4n) is 2.27. The van der Waals surface area contributed by atoms with E-state index in [0.717, 1.165) is 18.5 Å². The number of anilines is 1. The molecule has 2 aromatic rings. The van der Waals surface area contributed by atoms with Crippen LogP contribution in [0.15, 0.2) is 36.4 Å². The van der Waals surface area contributed by atoms with Crippen LogP contribution in [-0.4, -0.2) is 34.5 Å². The molecule has 6 heteroatoms. The third kappa shape index (κ3) is 4.60. The van der Waals surface area contributed by atoms with E-state index in [2.05, 4.69) is 22.3 Å². The van der Waals surface area contributed by atoms with Gasteiger partial charge in [0.2, 0.25) is 0 Å². The molecule has 0 unspecified atom stereocenters. The highest BCUT2D eigenvalue weighted by Gasteiger charge is 2.14. The summed E-state index contributed by atoms with van der Waals surface area (Å²) in [6, 6.07) is 11.5. The van der Waals surface area contributed by atoms with Crippen molar-refractivity contribution in [3.05, 3.63) is 47.7 Å². The molecule has 0 saturated heterocycles. The minimum absolute atomic E-state index is 0.109. The highest BCUT2D eigenvalue weighted by molar-refractivity contribution is 5.89. The highest BCUT2D eigenvalue weighted by Crippen LogP contribution is 2.14. The molecule has 0 bridgehead atoms. The first kappa shape index (κ1) is 16.0. The monoisotopic (exact) mass is 302 g/mol. The number of benzene rings is 1. The number of rotatable bonds is 8. The second-order valence-electron chi connectivity index (χ2n) is 5.15. The van der Waals surface area contributed by atoms with E-state index in [1.165, 1.54) is 10.5 Å². The molecule has 0 radical (unpaired) electrons. The number of urea groups is 1. The lowest BCUT2D eigenvalue weighted by Gasteiger charge is -2.17. The summed E-state index contributed by atoms with van der Waals surface area (Å²) in [6.07, 6.45) is 3.02. The number of hydrogen-bond acceptors (Lipinski definition) is 3. The van der Waals surface area contributed by atoms with Crippen LogP contribution in [0.3, 0.4) is 0 Å². The molecular formula is C16H22N4O2. The van der Waals surface area contributed by atoms with Gasteiger partial charge in [0.1, 0.15) is 5.82 Å². The molecule has 0 aliphatic carbocycles. The van der Waals surface area contributed by atoms with Gasteiger partial charge in [0.05, 0.1) is 5.69 Å². The predicted molar refractivity (Wildman–Crippen MR) is 85.7 cm³/mol. The zero-order valence-electron chi connectivity index (χ0n) is 12.5. The van der Waals surface area contributed by atoms with Gasteiger partial charge in [-0.05, 0) is 31.2 Å². The Labute approximate surface area is 129 Å². The lowest BCUT2D eigenvalue weighted by Crippen LogP contribution is -2.36. The van der Waals surface area contributed by atoms with Crippen molar-refractivity contribution < 1.29 is 9.90 Å². The van der Waals surface area contributed by atoms with Gasteiger partial charge in [-0.15, -0.1) is 0 Å². The number of H-pyrrole nitrogens is 1. The van der Waals surface area contributed by atoms with Gasteiger partial charge in [-0.1, -0.05) is 30.3 Å². The number of aromatic amines is 1. The van der Waals surface area contributed by atoms with Gasteiger partial charge in [0.25, 0.3) is 0 Å². The van der Waals surface area contributed by atoms with E-state index in [9.17, 15) is 4.79 Å². The molecule has 0 fully saturated rings. The fraction of sp³-hybridized carbons (Fsp3) is 0.375. The number of nitrogens with zero attached hydrogens (tertiary/aromatic N) is 2. The number of carbonyl (C=O) groups is 1. The number of aromatic nitrogens is 2. The normalized spacial score (nSPS) is 10.6. The van der Waals surface area contributed by atoms with Crippen LogP contribution in [0.25, 0.3) is 0 Å². The number of primary amides is 1. The molecule has 0 aliphatic heterocycles. The fourth-order valence-corrected chi connectivity index (χ4v) is 2.27. The summed E-state index contributed by atoms with van der Waals surface area (Å²) in [7, 11) is 0. The van der Waals surface area contributed by atoms with Crippen LogP contribution in [0, 0.1) is 0 Å². The van der Waals surface area contributed by atoms with Crippen molar-refractivity contribution in [3.8, 4) is 0 Å². The van der Waals surface area contributed by atoms with Crippen molar-refractivity contribution in [1.82, 2.24) is 10.2 Å². The lowest BCUT2D eigenvalue weighted by molar-refractivity contribution is 0.252. The Kier molecular flexibility index (Phi) is 5.97. The van der Waals surface area contributed by atoms with Crippen LogP contribution in [0.1, 0.15) is 24.1 Å². The second kappa shape index (κ2) is 8.19. The van der Waals surface area contributed by atoms with Crippen LogP contribution >= 0.6 is 0 Å². The first-order chi connectivity index (χ1) is 10.7. The van der Waals surface area contributed by atoms with E-state index in [-0.39, 0.29) is 6.61 Å². The maximum absolute atomic E-state index is 11.5. The SMILES string of the molecule is NC(=O)N(CCCCO)c1cc(CCc2ccccc2)n[nH]1. The van der Waals surface area contributed by atoms with E-state index in [0.29, 0.717) is 25.2 Å². The van der Waals surface area contributed by atoms with Crippen molar-refractivity contribution in [3.63, 3.8) is 0 Å². The van der Waals surface area contributed by atoms with E-state index in [1.54, 1.807) is 0 Å². The van der Waals surface area contributed by atoms with Crippen LogP contribution in [0.5, 0.6) is 0 Å². The first-order valence-electron chi connectivity index (χ1n) is 7.46. The Balaban J connectivity index is 1.94. The molecule has 4 N–H and O–H groups in total. The van der Waals surface area contributed by atoms with Gasteiger partial charge in [-0.3, -0.25) is 10.00 Å². The van der Waals surface area contributed by atoms with Crippen LogP contribution in [0.4, 0.5) is 10.6 Å². The number of aliphatic hydroxyl groups is 1. The van der Waals surface area contributed by atoms with Gasteiger partial charge in [-0.25, -0.2) is 4.79 Å². The van der Waals surface area contributed by atoms with Crippen LogP contribution < -0.4 is 10.6 Å². The Morgan fingerprint density at radius 2 is 2.00 bits per heavy atom. The number of unbranched alkanes of at least 4 members (excludes halogenated alkanes) is 1. The standard InChI is InChI=1S/C16H22N4O2/c17-16(22)20(10-4-5-11-21)15-12-14(18-19-15)9-8-13-6-2-1-3-7-13/h1-3,6-7,12,21H,4-5,8-11H2,(H2,17,22)(H,18,19). The van der Waals surface area contributed by atoms with Crippen molar-refractivity contribution >= 4 is 11.8 Å². The van der Waals surface area contributed by atoms with Crippen molar-refractivity contribution in [2.75, 3.05) is 18.1 Å². The van der Waals surface area contributed by atoms with Crippen LogP contribution in [0.2, 0.25) is 0 Å². The molecule has 0 aliphatic rings. The summed E-state index contributed by atoms with van der Waals surface area (Å²) in [5, 5.41) is 15.9. The average molecular weight is 302 g/mol. The van der Waals surface area contributed by atoms with Gasteiger partial charge < -0.3 is 10.8 Å². The third-order valence-electron chi connectivity index (χ3n) is 3.48. The molecule has 2 amide bonds. The Morgan fingerprint density at radius 1 is 1.23 bits per heavy atom. The Hall–Kier alpha value is -2.34. The summed E-state index contributed by atoms with van der Waals surface area (Å²) >= 11 is 0. The molecule has 2 rings (SSSR count). The lowest BCUT2D eigenvalue weighted by atomic mass is 10.1. The number of aliphatic hydroxyl groups excluding tert-OH is 1. The zero-order chi connectivity index (χ0) is 15.8. The van der Waals surface area contributed by atoms with Gasteiger partial charge in [-0.2, -0.15) is 5.10 Å². The maximum Gasteiger partial charge on any atom is 0.320 e. The predicted octanol–water partition coefficient (Wildman–Crippen LogP) is 1.85. The molecule has 0 spiro atoms. The number of aryl methyl sites for hydroxylation is 2. The summed E-state index contributed by atoms with van der Waals surface area (Å²) in [5.74, 6) is 0.605. The van der Waals surface area contributed by atoms with E-state index in [4.69, 9.17) is 10.8 Å².